The molecule has 1 aromatic heterocycles. The second-order valence-electron chi connectivity index (χ2n) is 6.66. The molecule has 146 valence electrons. The van der Waals surface area contributed by atoms with Gasteiger partial charge in [0.1, 0.15) is 0 Å². The summed E-state index contributed by atoms with van der Waals surface area (Å²) in [4.78, 5) is 14.6. The summed E-state index contributed by atoms with van der Waals surface area (Å²) in [5.41, 5.74) is 0.733. The van der Waals surface area contributed by atoms with Crippen molar-refractivity contribution in [2.75, 3.05) is 20.0 Å². The number of aromatic nitrogens is 2. The molecule has 0 radical (unpaired) electrons. The fourth-order valence-electron chi connectivity index (χ4n) is 3.46. The van der Waals surface area contributed by atoms with E-state index in [2.05, 4.69) is 24.0 Å². The molecule has 0 saturated carbocycles. The number of hydrogen-bond acceptors (Lipinski definition) is 7. The second-order valence-corrected chi connectivity index (χ2v) is 7.59. The SMILES string of the molecule is COc1ccc(-c2nnc(SCC(=O)N3[C@@H](C)CCC[C@@H]3C)o2)cc1OC. The molecule has 7 nitrogen and oxygen atoms in total. The smallest absolute Gasteiger partial charge is 0.277 e. The average molecular weight is 391 g/mol. The van der Waals surface area contributed by atoms with Gasteiger partial charge in [0.15, 0.2) is 11.5 Å². The standard InChI is InChI=1S/C19H25N3O4S/c1-12-6-5-7-13(2)22(12)17(23)11-27-19-21-20-18(26-19)14-8-9-15(24-3)16(10-14)25-4/h8-10,12-13H,5-7,11H2,1-4H3/t12-,13-/m0/s1. The van der Waals surface area contributed by atoms with Gasteiger partial charge >= 0.3 is 0 Å². The Labute approximate surface area is 163 Å². The third kappa shape index (κ3) is 4.37. The van der Waals surface area contributed by atoms with Gasteiger partial charge in [0.05, 0.1) is 20.0 Å². The number of nitrogens with zero attached hydrogens (tertiary/aromatic N) is 3. The minimum absolute atomic E-state index is 0.116. The number of carbonyl (C=O) groups excluding carboxylic acids is 1. The maximum absolute atomic E-state index is 12.6. The number of benzene rings is 1. The first-order chi connectivity index (χ1) is 13.0. The summed E-state index contributed by atoms with van der Waals surface area (Å²) in [5, 5.41) is 8.51. The molecule has 2 heterocycles. The highest BCUT2D eigenvalue weighted by molar-refractivity contribution is 7.99. The summed E-state index contributed by atoms with van der Waals surface area (Å²) in [6.07, 6.45) is 3.30. The normalized spacial score (nSPS) is 19.8. The van der Waals surface area contributed by atoms with Crippen molar-refractivity contribution in [2.45, 2.75) is 50.4 Å². The van der Waals surface area contributed by atoms with Crippen LogP contribution in [0.15, 0.2) is 27.8 Å². The molecule has 0 N–H and O–H groups in total. The van der Waals surface area contributed by atoms with Gasteiger partial charge in [-0.05, 0) is 51.3 Å². The van der Waals surface area contributed by atoms with Crippen LogP contribution in [0.5, 0.6) is 11.5 Å². The summed E-state index contributed by atoms with van der Waals surface area (Å²) < 4.78 is 16.2. The first-order valence-corrected chi connectivity index (χ1v) is 10.0. The summed E-state index contributed by atoms with van der Waals surface area (Å²) >= 11 is 1.27. The molecule has 0 unspecified atom stereocenters. The monoisotopic (exact) mass is 391 g/mol. The van der Waals surface area contributed by atoms with Crippen molar-refractivity contribution >= 4 is 17.7 Å². The van der Waals surface area contributed by atoms with Crippen LogP contribution in [0.1, 0.15) is 33.1 Å². The van der Waals surface area contributed by atoms with Crippen molar-refractivity contribution in [2.24, 2.45) is 0 Å². The number of piperidine rings is 1. The van der Waals surface area contributed by atoms with Crippen LogP contribution < -0.4 is 9.47 Å². The van der Waals surface area contributed by atoms with E-state index >= 15 is 0 Å². The van der Waals surface area contributed by atoms with E-state index in [1.807, 2.05) is 11.0 Å². The lowest BCUT2D eigenvalue weighted by atomic mass is 9.98. The van der Waals surface area contributed by atoms with Crippen LogP contribution in [0, 0.1) is 0 Å². The van der Waals surface area contributed by atoms with Gasteiger partial charge in [0.2, 0.25) is 11.8 Å². The zero-order valence-corrected chi connectivity index (χ0v) is 16.9. The number of carbonyl (C=O) groups is 1. The predicted molar refractivity (Wildman–Crippen MR) is 103 cm³/mol. The Morgan fingerprint density at radius 1 is 1.19 bits per heavy atom. The lowest BCUT2D eigenvalue weighted by Crippen LogP contribution is -2.48. The van der Waals surface area contributed by atoms with Crippen LogP contribution >= 0.6 is 11.8 Å². The number of likely N-dealkylation sites (tertiary alicyclic amines) is 1. The van der Waals surface area contributed by atoms with Crippen LogP contribution in [-0.2, 0) is 4.79 Å². The van der Waals surface area contributed by atoms with E-state index in [1.54, 1.807) is 26.4 Å². The van der Waals surface area contributed by atoms with E-state index in [-0.39, 0.29) is 18.0 Å². The highest BCUT2D eigenvalue weighted by Gasteiger charge is 2.29. The number of thioether (sulfide) groups is 1. The minimum Gasteiger partial charge on any atom is -0.493 e. The Balaban J connectivity index is 1.65. The topological polar surface area (TPSA) is 77.7 Å². The maximum Gasteiger partial charge on any atom is 0.277 e. The van der Waals surface area contributed by atoms with Crippen LogP contribution in [-0.4, -0.2) is 53.1 Å². The molecule has 1 amide bonds. The average Bonchev–Trinajstić information content (AvgIpc) is 3.14. The fourth-order valence-corrected chi connectivity index (χ4v) is 4.10. The Morgan fingerprint density at radius 3 is 2.56 bits per heavy atom. The Kier molecular flexibility index (Phi) is 6.26. The van der Waals surface area contributed by atoms with Gasteiger partial charge in [-0.25, -0.2) is 0 Å². The van der Waals surface area contributed by atoms with E-state index in [1.165, 1.54) is 18.2 Å². The number of methoxy groups -OCH3 is 2. The number of rotatable bonds is 6. The van der Waals surface area contributed by atoms with Gasteiger partial charge in [0, 0.05) is 17.6 Å². The Hall–Kier alpha value is -2.22. The van der Waals surface area contributed by atoms with Crippen molar-refractivity contribution in [3.63, 3.8) is 0 Å². The molecule has 0 aliphatic carbocycles. The zero-order valence-electron chi connectivity index (χ0n) is 16.1. The molecular formula is C19H25N3O4S. The first-order valence-electron chi connectivity index (χ1n) is 9.03. The molecule has 27 heavy (non-hydrogen) atoms. The van der Waals surface area contributed by atoms with Crippen molar-refractivity contribution in [3.05, 3.63) is 18.2 Å². The third-order valence-electron chi connectivity index (χ3n) is 4.84. The summed E-state index contributed by atoms with van der Waals surface area (Å²) in [7, 11) is 3.16. The first kappa shape index (κ1) is 19.5. The van der Waals surface area contributed by atoms with Crippen molar-refractivity contribution < 1.29 is 18.7 Å². The molecule has 0 bridgehead atoms. The minimum atomic E-state index is 0.116. The third-order valence-corrected chi connectivity index (χ3v) is 5.64. The summed E-state index contributed by atoms with van der Waals surface area (Å²) in [6.45, 7) is 4.22. The maximum atomic E-state index is 12.6. The molecule has 8 heteroatoms. The van der Waals surface area contributed by atoms with E-state index in [0.29, 0.717) is 28.4 Å². The summed E-state index contributed by atoms with van der Waals surface area (Å²) in [5.74, 6) is 2.01. The molecule has 1 saturated heterocycles. The van der Waals surface area contributed by atoms with E-state index in [9.17, 15) is 4.79 Å². The van der Waals surface area contributed by atoms with Crippen LogP contribution in [0.4, 0.5) is 0 Å². The van der Waals surface area contributed by atoms with Crippen molar-refractivity contribution in [1.82, 2.24) is 15.1 Å². The van der Waals surface area contributed by atoms with E-state index in [4.69, 9.17) is 13.9 Å². The molecule has 1 fully saturated rings. The van der Waals surface area contributed by atoms with Crippen LogP contribution in [0.25, 0.3) is 11.5 Å². The largest absolute Gasteiger partial charge is 0.493 e. The van der Waals surface area contributed by atoms with Gasteiger partial charge in [0.25, 0.3) is 5.22 Å². The Morgan fingerprint density at radius 2 is 1.89 bits per heavy atom. The number of ether oxygens (including phenoxy) is 2. The molecule has 0 spiro atoms. The molecule has 1 aliphatic heterocycles. The van der Waals surface area contributed by atoms with Crippen molar-refractivity contribution in [1.29, 1.82) is 0 Å². The van der Waals surface area contributed by atoms with Gasteiger partial charge in [-0.2, -0.15) is 0 Å². The number of amides is 1. The molecular weight excluding hydrogens is 366 g/mol. The number of hydrogen-bond donors (Lipinski definition) is 0. The van der Waals surface area contributed by atoms with Gasteiger partial charge in [-0.1, -0.05) is 11.8 Å². The van der Waals surface area contributed by atoms with Crippen molar-refractivity contribution in [3.8, 4) is 23.0 Å². The molecule has 2 aromatic rings. The van der Waals surface area contributed by atoms with E-state index in [0.717, 1.165) is 18.4 Å². The summed E-state index contributed by atoms with van der Waals surface area (Å²) in [6, 6.07) is 5.96. The van der Waals surface area contributed by atoms with Gasteiger partial charge in [-0.15, -0.1) is 10.2 Å². The van der Waals surface area contributed by atoms with Crippen LogP contribution in [0.3, 0.4) is 0 Å². The molecule has 3 rings (SSSR count). The van der Waals surface area contributed by atoms with Crippen LogP contribution in [0.2, 0.25) is 0 Å². The highest BCUT2D eigenvalue weighted by Crippen LogP contribution is 2.33. The van der Waals surface area contributed by atoms with E-state index < -0.39 is 0 Å². The zero-order chi connectivity index (χ0) is 19.4. The highest BCUT2D eigenvalue weighted by atomic mass is 32.2. The second kappa shape index (κ2) is 8.65. The fraction of sp³-hybridized carbons (Fsp3) is 0.526. The molecule has 2 atom stereocenters. The lowest BCUT2D eigenvalue weighted by Gasteiger charge is -2.39. The quantitative estimate of drug-likeness (QED) is 0.696. The van der Waals surface area contributed by atoms with Gasteiger partial charge < -0.3 is 18.8 Å². The lowest BCUT2D eigenvalue weighted by molar-refractivity contribution is -0.134. The predicted octanol–water partition coefficient (Wildman–Crippen LogP) is 3.64. The molecule has 1 aromatic carbocycles. The van der Waals surface area contributed by atoms with Gasteiger partial charge in [-0.3, -0.25) is 4.79 Å². The Bertz CT molecular complexity index is 785. The molecule has 1 aliphatic rings.